The number of likely N-dealkylation sites (tertiary alicyclic amines) is 2. The van der Waals surface area contributed by atoms with Gasteiger partial charge in [0.1, 0.15) is 11.2 Å². The Kier molecular flexibility index (Phi) is 10.6. The van der Waals surface area contributed by atoms with Crippen molar-refractivity contribution in [3.05, 3.63) is 88.5 Å². The summed E-state index contributed by atoms with van der Waals surface area (Å²) < 4.78 is 102. The van der Waals surface area contributed by atoms with Gasteiger partial charge in [0, 0.05) is 43.7 Å². The van der Waals surface area contributed by atoms with Crippen LogP contribution in [0, 0.1) is 28.5 Å². The van der Waals surface area contributed by atoms with Crippen molar-refractivity contribution in [3.63, 3.8) is 0 Å². The van der Waals surface area contributed by atoms with Gasteiger partial charge in [0.2, 0.25) is 5.91 Å². The van der Waals surface area contributed by atoms with Gasteiger partial charge in [-0.15, -0.1) is 0 Å². The lowest BCUT2D eigenvalue weighted by Crippen LogP contribution is -2.66. The van der Waals surface area contributed by atoms with Crippen LogP contribution in [0.2, 0.25) is 0 Å². The lowest BCUT2D eigenvalue weighted by atomic mass is 9.70. The highest BCUT2D eigenvalue weighted by atomic mass is 19.4. The number of carboxylic acids is 1. The number of aromatic carboxylic acids is 1. The van der Waals surface area contributed by atoms with E-state index in [1.165, 1.54) is 23.0 Å². The van der Waals surface area contributed by atoms with Gasteiger partial charge < -0.3 is 19.6 Å². The Hall–Kier alpha value is -4.47. The number of hydrogen-bond donors (Lipinski definition) is 1. The fraction of sp³-hybridized carbons (Fsp3) is 0.526. The average Bonchev–Trinajstić information content (AvgIpc) is 3.72. The summed E-state index contributed by atoms with van der Waals surface area (Å²) in [5.41, 5.74) is -1.68. The number of rotatable bonds is 10. The molecule has 1 aromatic heterocycles. The van der Waals surface area contributed by atoms with Gasteiger partial charge in [0.25, 0.3) is 5.91 Å². The monoisotopic (exact) mass is 766 g/mol. The molecule has 2 aromatic carbocycles. The molecule has 1 atom stereocenters. The molecule has 1 N–H and O–H groups in total. The Balaban J connectivity index is 1.17. The van der Waals surface area contributed by atoms with Crippen LogP contribution in [0.3, 0.4) is 0 Å². The second-order valence-corrected chi connectivity index (χ2v) is 15.4. The molecule has 1 aliphatic carbocycles. The van der Waals surface area contributed by atoms with Crippen LogP contribution in [-0.4, -0.2) is 87.6 Å². The summed E-state index contributed by atoms with van der Waals surface area (Å²) in [5.74, 6) is -5.33. The van der Waals surface area contributed by atoms with Gasteiger partial charge in [0.15, 0.2) is 0 Å². The van der Waals surface area contributed by atoms with Crippen LogP contribution in [-0.2, 0) is 22.7 Å². The summed E-state index contributed by atoms with van der Waals surface area (Å²) in [6, 6.07) is 10.6. The number of carbonyl (C=O) groups excluding carboxylic acids is 2. The van der Waals surface area contributed by atoms with E-state index < -0.39 is 52.7 Å². The molecule has 0 radical (unpaired) electrons. The molecule has 9 nitrogen and oxygen atoms in total. The van der Waals surface area contributed by atoms with E-state index in [2.05, 4.69) is 5.10 Å². The highest BCUT2D eigenvalue weighted by molar-refractivity contribution is 5.94. The van der Waals surface area contributed by atoms with Crippen molar-refractivity contribution in [1.29, 1.82) is 0 Å². The van der Waals surface area contributed by atoms with E-state index >= 15 is 0 Å². The molecule has 3 heterocycles. The highest BCUT2D eigenvalue weighted by Crippen LogP contribution is 2.48. The Morgan fingerprint density at radius 3 is 2.19 bits per heavy atom. The number of aromatic nitrogens is 2. The van der Waals surface area contributed by atoms with E-state index in [0.717, 1.165) is 24.3 Å². The molecule has 3 aromatic rings. The van der Waals surface area contributed by atoms with Crippen molar-refractivity contribution in [1.82, 2.24) is 19.6 Å². The van der Waals surface area contributed by atoms with Crippen LogP contribution in [0.15, 0.2) is 54.9 Å². The van der Waals surface area contributed by atoms with Crippen LogP contribution >= 0.6 is 0 Å². The van der Waals surface area contributed by atoms with Crippen LogP contribution in [0.25, 0.3) is 0 Å². The zero-order chi connectivity index (χ0) is 39.2. The van der Waals surface area contributed by atoms with Gasteiger partial charge in [-0.25, -0.2) is 9.18 Å². The topological polar surface area (TPSA) is 105 Å². The smallest absolute Gasteiger partial charge is 0.402 e. The quantitative estimate of drug-likeness (QED) is 0.217. The number of hydrogen-bond acceptors (Lipinski definition) is 5. The minimum Gasteiger partial charge on any atom is -0.478 e. The first-order valence-corrected chi connectivity index (χ1v) is 17.7. The largest absolute Gasteiger partial charge is 0.478 e. The van der Waals surface area contributed by atoms with Crippen LogP contribution in [0.4, 0.5) is 30.7 Å². The lowest BCUT2D eigenvalue weighted by Gasteiger charge is -2.52. The fourth-order valence-corrected chi connectivity index (χ4v) is 8.05. The molecular weight excluding hydrogens is 725 g/mol. The molecule has 1 saturated carbocycles. The molecule has 16 heteroatoms. The third kappa shape index (κ3) is 7.85. The first-order chi connectivity index (χ1) is 25.3. The molecule has 0 bridgehead atoms. The number of ether oxygens (including phenoxy) is 1. The van der Waals surface area contributed by atoms with Crippen LogP contribution in [0.1, 0.15) is 82.9 Å². The normalized spacial score (nSPS) is 21.7. The highest BCUT2D eigenvalue weighted by Gasteiger charge is 2.61. The minimum atomic E-state index is -4.78. The number of benzene rings is 2. The van der Waals surface area contributed by atoms with Crippen LogP contribution in [0.5, 0.6) is 0 Å². The van der Waals surface area contributed by atoms with Crippen LogP contribution < -0.4 is 0 Å². The summed E-state index contributed by atoms with van der Waals surface area (Å²) >= 11 is 0. The summed E-state index contributed by atoms with van der Waals surface area (Å²) in [6.07, 6.45) is -5.97. The zero-order valence-electron chi connectivity index (χ0n) is 29.7. The molecule has 2 aliphatic heterocycles. The van der Waals surface area contributed by atoms with Crippen molar-refractivity contribution >= 4 is 17.8 Å². The summed E-state index contributed by atoms with van der Waals surface area (Å²) in [4.78, 5) is 41.9. The molecule has 6 rings (SSSR count). The number of amides is 2. The van der Waals surface area contributed by atoms with Crippen molar-refractivity contribution < 1.29 is 55.0 Å². The van der Waals surface area contributed by atoms with Gasteiger partial charge in [-0.2, -0.15) is 31.4 Å². The number of halogens is 7. The van der Waals surface area contributed by atoms with E-state index in [1.54, 1.807) is 41.4 Å². The summed E-state index contributed by atoms with van der Waals surface area (Å²) in [5, 5.41) is 14.4. The Bertz CT molecular complexity index is 1860. The second-order valence-electron chi connectivity index (χ2n) is 15.4. The van der Waals surface area contributed by atoms with E-state index in [-0.39, 0.29) is 94.6 Å². The van der Waals surface area contributed by atoms with Crippen molar-refractivity contribution in [2.24, 2.45) is 22.7 Å². The minimum absolute atomic E-state index is 0.0156. The first-order valence-electron chi connectivity index (χ1n) is 17.7. The summed E-state index contributed by atoms with van der Waals surface area (Å²) in [6.45, 7) is 1.89. The predicted molar refractivity (Wildman–Crippen MR) is 180 cm³/mol. The fourth-order valence-electron chi connectivity index (χ4n) is 8.05. The maximum Gasteiger partial charge on any atom is 0.402 e. The third-order valence-electron chi connectivity index (χ3n) is 11.4. The van der Waals surface area contributed by atoms with Gasteiger partial charge in [0.05, 0.1) is 43.0 Å². The number of carboxylic acid groups (broad SMARTS) is 1. The van der Waals surface area contributed by atoms with E-state index in [4.69, 9.17) is 4.74 Å². The Morgan fingerprint density at radius 1 is 0.926 bits per heavy atom. The lowest BCUT2D eigenvalue weighted by molar-refractivity contribution is -0.223. The van der Waals surface area contributed by atoms with E-state index in [1.807, 2.05) is 0 Å². The molecule has 1 spiro atoms. The van der Waals surface area contributed by atoms with Crippen molar-refractivity contribution in [3.8, 4) is 0 Å². The Morgan fingerprint density at radius 2 is 1.57 bits per heavy atom. The van der Waals surface area contributed by atoms with E-state index in [0.29, 0.717) is 11.1 Å². The molecule has 3 fully saturated rings. The first kappa shape index (κ1) is 39.2. The maximum atomic E-state index is 13.8. The Labute approximate surface area is 307 Å². The molecule has 3 aliphatic rings. The van der Waals surface area contributed by atoms with Gasteiger partial charge >= 0.3 is 18.3 Å². The predicted octanol–water partition coefficient (Wildman–Crippen LogP) is 7.31. The number of nitrogens with zero attached hydrogens (tertiary/aromatic N) is 4. The zero-order valence-corrected chi connectivity index (χ0v) is 29.7. The molecule has 0 unspecified atom stereocenters. The number of carbonyl (C=O) groups is 3. The van der Waals surface area contributed by atoms with Gasteiger partial charge in [-0.05, 0) is 74.3 Å². The molecule has 292 valence electrons. The third-order valence-corrected chi connectivity index (χ3v) is 11.4. The molecule has 2 saturated heterocycles. The van der Waals surface area contributed by atoms with Gasteiger partial charge in [-0.3, -0.25) is 14.3 Å². The molecular formula is C38H41F7N4O5. The van der Waals surface area contributed by atoms with E-state index in [9.17, 15) is 50.2 Å². The SMILES string of the molecule is CC(C)(C(=O)N1CC2(CN(C(=O)c3cnn(Cc4ccc(F)cc4)c3)C[C@H]2COCc2cccc(C3CCC(C(F)(F)F)CC3)c2C(=O)O)C1)C(F)(F)F. The molecule has 54 heavy (non-hydrogen) atoms. The maximum absolute atomic E-state index is 13.8. The second kappa shape index (κ2) is 14.6. The number of alkyl halides is 6. The van der Waals surface area contributed by atoms with Crippen molar-refractivity contribution in [2.45, 2.75) is 71.0 Å². The standard InChI is InChI=1S/C38H41F7N4O5/c1-35(2,38(43,44)45)34(53)48-21-36(22-48)20-47(32(50)26-14-46-49(16-26)15-23-6-12-29(39)13-7-23)17-28(36)19-54-18-25-4-3-5-30(31(25)33(51)52)24-8-10-27(11-9-24)37(40,41)42/h3-7,12-14,16,24,27-28H,8-11,15,17-22H2,1-2H3,(H,51,52)/t24?,27?,28-/m0/s1. The average molecular weight is 767 g/mol. The summed E-state index contributed by atoms with van der Waals surface area (Å²) in [7, 11) is 0. The molecule has 2 amide bonds. The van der Waals surface area contributed by atoms with Crippen molar-refractivity contribution in [2.75, 3.05) is 32.8 Å². The van der Waals surface area contributed by atoms with Gasteiger partial charge in [-0.1, -0.05) is 30.3 Å².